The minimum absolute atomic E-state index is 0.205. The molecule has 0 spiro atoms. The van der Waals surface area contributed by atoms with Crippen molar-refractivity contribution in [2.24, 2.45) is 0 Å². The van der Waals surface area contributed by atoms with Gasteiger partial charge in [0.1, 0.15) is 5.69 Å². The SMILES string of the molecule is O=C(Nc1ccc(N2CCOCC2)cc1)c1[nH]c(=O)c2ccccc2c1Br. The molecule has 0 bridgehead atoms. The summed E-state index contributed by atoms with van der Waals surface area (Å²) in [4.78, 5) is 29.8. The van der Waals surface area contributed by atoms with Crippen molar-refractivity contribution in [3.8, 4) is 0 Å². The number of pyridine rings is 1. The van der Waals surface area contributed by atoms with Gasteiger partial charge in [0.15, 0.2) is 0 Å². The lowest BCUT2D eigenvalue weighted by Gasteiger charge is -2.28. The van der Waals surface area contributed by atoms with Gasteiger partial charge in [-0.15, -0.1) is 0 Å². The van der Waals surface area contributed by atoms with Crippen molar-refractivity contribution >= 4 is 44.0 Å². The van der Waals surface area contributed by atoms with Crippen LogP contribution < -0.4 is 15.8 Å². The summed E-state index contributed by atoms with van der Waals surface area (Å²) in [5, 5.41) is 4.08. The first-order valence-corrected chi connectivity index (χ1v) is 9.47. The number of hydrogen-bond acceptors (Lipinski definition) is 4. The number of aromatic nitrogens is 1. The van der Waals surface area contributed by atoms with Gasteiger partial charge in [-0.05, 0) is 46.3 Å². The molecule has 4 rings (SSSR count). The highest BCUT2D eigenvalue weighted by Crippen LogP contribution is 2.25. The summed E-state index contributed by atoms with van der Waals surface area (Å²) in [5.74, 6) is -0.371. The molecule has 2 aromatic carbocycles. The van der Waals surface area contributed by atoms with Crippen LogP contribution >= 0.6 is 15.9 Å². The standard InChI is InChI=1S/C20H18BrN3O3/c21-17-15-3-1-2-4-16(15)19(25)23-18(17)20(26)22-13-5-7-14(8-6-13)24-9-11-27-12-10-24/h1-8H,9-12H2,(H,22,26)(H,23,25). The van der Waals surface area contributed by atoms with Crippen LogP contribution in [-0.4, -0.2) is 37.2 Å². The number of aromatic amines is 1. The highest BCUT2D eigenvalue weighted by atomic mass is 79.9. The van der Waals surface area contributed by atoms with Gasteiger partial charge in [-0.25, -0.2) is 0 Å². The number of benzene rings is 2. The van der Waals surface area contributed by atoms with Crippen molar-refractivity contribution in [1.29, 1.82) is 0 Å². The van der Waals surface area contributed by atoms with E-state index in [-0.39, 0.29) is 17.2 Å². The Bertz CT molecular complexity index is 1040. The lowest BCUT2D eigenvalue weighted by Crippen LogP contribution is -2.36. The molecule has 0 unspecified atom stereocenters. The smallest absolute Gasteiger partial charge is 0.273 e. The van der Waals surface area contributed by atoms with E-state index in [1.807, 2.05) is 36.4 Å². The molecule has 1 aliphatic heterocycles. The van der Waals surface area contributed by atoms with E-state index in [2.05, 4.69) is 31.1 Å². The van der Waals surface area contributed by atoms with E-state index in [4.69, 9.17) is 4.74 Å². The fraction of sp³-hybridized carbons (Fsp3) is 0.200. The van der Waals surface area contributed by atoms with Crippen LogP contribution in [-0.2, 0) is 4.74 Å². The van der Waals surface area contributed by atoms with Gasteiger partial charge in [0.25, 0.3) is 11.5 Å². The van der Waals surface area contributed by atoms with Crippen LogP contribution in [0.2, 0.25) is 0 Å². The molecule has 1 aromatic heterocycles. The van der Waals surface area contributed by atoms with E-state index in [1.165, 1.54) is 0 Å². The molecule has 0 atom stereocenters. The highest BCUT2D eigenvalue weighted by molar-refractivity contribution is 9.10. The van der Waals surface area contributed by atoms with Crippen molar-refractivity contribution in [2.45, 2.75) is 0 Å². The van der Waals surface area contributed by atoms with Crippen LogP contribution in [0.4, 0.5) is 11.4 Å². The van der Waals surface area contributed by atoms with Gasteiger partial charge in [0.2, 0.25) is 0 Å². The summed E-state index contributed by atoms with van der Waals surface area (Å²) in [6, 6.07) is 14.8. The molecule has 6 nitrogen and oxygen atoms in total. The predicted molar refractivity (Wildman–Crippen MR) is 110 cm³/mol. The summed E-state index contributed by atoms with van der Waals surface area (Å²) in [6.45, 7) is 3.16. The van der Waals surface area contributed by atoms with E-state index < -0.39 is 0 Å². The lowest BCUT2D eigenvalue weighted by atomic mass is 10.1. The van der Waals surface area contributed by atoms with Crippen LogP contribution in [0.5, 0.6) is 0 Å². The number of morpholine rings is 1. The zero-order chi connectivity index (χ0) is 18.8. The number of anilines is 2. The first-order chi connectivity index (χ1) is 13.1. The molecule has 0 saturated carbocycles. The molecular weight excluding hydrogens is 410 g/mol. The Morgan fingerprint density at radius 3 is 2.41 bits per heavy atom. The van der Waals surface area contributed by atoms with Crippen molar-refractivity contribution < 1.29 is 9.53 Å². The molecule has 0 radical (unpaired) electrons. The monoisotopic (exact) mass is 427 g/mol. The van der Waals surface area contributed by atoms with E-state index in [0.29, 0.717) is 20.9 Å². The lowest BCUT2D eigenvalue weighted by molar-refractivity contribution is 0.102. The van der Waals surface area contributed by atoms with E-state index in [1.54, 1.807) is 12.1 Å². The maximum absolute atomic E-state index is 12.7. The number of H-pyrrole nitrogens is 1. The molecule has 2 N–H and O–H groups in total. The maximum atomic E-state index is 12.7. The molecule has 3 aromatic rings. The van der Waals surface area contributed by atoms with Crippen LogP contribution in [0.15, 0.2) is 57.8 Å². The van der Waals surface area contributed by atoms with Gasteiger partial charge >= 0.3 is 0 Å². The summed E-state index contributed by atoms with van der Waals surface area (Å²) in [5.41, 5.74) is 1.67. The minimum atomic E-state index is -0.371. The van der Waals surface area contributed by atoms with E-state index in [9.17, 15) is 9.59 Å². The number of hydrogen-bond donors (Lipinski definition) is 2. The van der Waals surface area contributed by atoms with Gasteiger partial charge in [-0.1, -0.05) is 18.2 Å². The second kappa shape index (κ2) is 7.54. The average Bonchev–Trinajstić information content (AvgIpc) is 2.72. The Labute approximate surface area is 164 Å². The molecule has 27 heavy (non-hydrogen) atoms. The van der Waals surface area contributed by atoms with Gasteiger partial charge < -0.3 is 19.9 Å². The number of fused-ring (bicyclic) bond motifs is 1. The topological polar surface area (TPSA) is 74.4 Å². The average molecular weight is 428 g/mol. The van der Waals surface area contributed by atoms with Crippen molar-refractivity contribution in [3.05, 3.63) is 69.1 Å². The predicted octanol–water partition coefficient (Wildman–Crippen LogP) is 3.38. The second-order valence-corrected chi connectivity index (χ2v) is 7.08. The number of rotatable bonds is 3. The number of nitrogens with one attached hydrogen (secondary N) is 2. The first kappa shape index (κ1) is 17.8. The molecular formula is C20H18BrN3O3. The Hall–Kier alpha value is -2.64. The van der Waals surface area contributed by atoms with Crippen molar-refractivity contribution in [3.63, 3.8) is 0 Å². The van der Waals surface area contributed by atoms with Crippen LogP contribution in [0.1, 0.15) is 10.5 Å². The third kappa shape index (κ3) is 3.61. The number of halogens is 1. The molecule has 1 saturated heterocycles. The minimum Gasteiger partial charge on any atom is -0.378 e. The van der Waals surface area contributed by atoms with Gasteiger partial charge in [0.05, 0.1) is 17.7 Å². The van der Waals surface area contributed by atoms with Gasteiger partial charge in [-0.3, -0.25) is 9.59 Å². The summed E-state index contributed by atoms with van der Waals surface area (Å²) >= 11 is 3.44. The number of amides is 1. The third-order valence-electron chi connectivity index (χ3n) is 4.59. The molecule has 1 aliphatic rings. The molecule has 7 heteroatoms. The first-order valence-electron chi connectivity index (χ1n) is 8.68. The zero-order valence-corrected chi connectivity index (χ0v) is 16.1. The normalized spacial score (nSPS) is 14.3. The zero-order valence-electron chi connectivity index (χ0n) is 14.5. The number of carbonyl (C=O) groups is 1. The van der Waals surface area contributed by atoms with Gasteiger partial charge in [-0.2, -0.15) is 0 Å². The number of nitrogens with zero attached hydrogens (tertiary/aromatic N) is 1. The molecule has 1 fully saturated rings. The van der Waals surface area contributed by atoms with Crippen LogP contribution in [0.3, 0.4) is 0 Å². The second-order valence-electron chi connectivity index (χ2n) is 6.29. The van der Waals surface area contributed by atoms with Crippen molar-refractivity contribution in [2.75, 3.05) is 36.5 Å². The number of ether oxygens (including phenoxy) is 1. The Balaban J connectivity index is 1.56. The third-order valence-corrected chi connectivity index (χ3v) is 5.42. The fourth-order valence-corrected chi connectivity index (χ4v) is 3.80. The van der Waals surface area contributed by atoms with E-state index >= 15 is 0 Å². The van der Waals surface area contributed by atoms with Crippen LogP contribution in [0, 0.1) is 0 Å². The van der Waals surface area contributed by atoms with Crippen LogP contribution in [0.25, 0.3) is 10.8 Å². The Morgan fingerprint density at radius 1 is 1.04 bits per heavy atom. The van der Waals surface area contributed by atoms with E-state index in [0.717, 1.165) is 32.0 Å². The summed E-state index contributed by atoms with van der Waals surface area (Å²) in [6.07, 6.45) is 0. The van der Waals surface area contributed by atoms with Gasteiger partial charge in [0, 0.05) is 35.2 Å². The van der Waals surface area contributed by atoms with Crippen molar-refractivity contribution in [1.82, 2.24) is 4.98 Å². The summed E-state index contributed by atoms with van der Waals surface area (Å²) in [7, 11) is 0. The summed E-state index contributed by atoms with van der Waals surface area (Å²) < 4.78 is 5.94. The Kier molecular flexibility index (Phi) is 4.96. The molecule has 1 amide bonds. The molecule has 0 aliphatic carbocycles. The molecule has 138 valence electrons. The highest BCUT2D eigenvalue weighted by Gasteiger charge is 2.16. The number of carbonyl (C=O) groups excluding carboxylic acids is 1. The quantitative estimate of drug-likeness (QED) is 0.671. The fourth-order valence-electron chi connectivity index (χ4n) is 3.17. The molecule has 2 heterocycles. The maximum Gasteiger partial charge on any atom is 0.273 e. The Morgan fingerprint density at radius 2 is 1.70 bits per heavy atom. The largest absolute Gasteiger partial charge is 0.378 e.